The molecule has 4 aliphatic rings. The number of rotatable bonds is 6. The molecule has 3 unspecified atom stereocenters. The molecule has 45 heavy (non-hydrogen) atoms. The molecule has 0 saturated heterocycles. The van der Waals surface area contributed by atoms with Crippen LogP contribution in [0.4, 0.5) is 0 Å². The molecule has 0 spiro atoms. The first kappa shape index (κ1) is 27.4. The van der Waals surface area contributed by atoms with Crippen LogP contribution in [0.15, 0.2) is 133 Å². The maximum atomic E-state index is 3.46. The van der Waals surface area contributed by atoms with Crippen molar-refractivity contribution in [2.45, 2.75) is 49.9 Å². The van der Waals surface area contributed by atoms with Crippen molar-refractivity contribution in [1.82, 2.24) is 0 Å². The first-order valence-corrected chi connectivity index (χ1v) is 17.3. The van der Waals surface area contributed by atoms with Gasteiger partial charge in [-0.25, -0.2) is 0 Å². The van der Waals surface area contributed by atoms with Crippen molar-refractivity contribution >= 4 is 10.3 Å². The summed E-state index contributed by atoms with van der Waals surface area (Å²) in [5.41, 5.74) is 18.9. The summed E-state index contributed by atoms with van der Waals surface area (Å²) in [6.07, 6.45) is 11.2. The molecule has 1 heteroatoms. The summed E-state index contributed by atoms with van der Waals surface area (Å²) in [5, 5.41) is 0. The summed E-state index contributed by atoms with van der Waals surface area (Å²) in [7, 11) is 0. The number of hydrogen-bond donors (Lipinski definition) is 0. The summed E-state index contributed by atoms with van der Waals surface area (Å²) >= 11 is 2.56. The second kappa shape index (κ2) is 11.1. The van der Waals surface area contributed by atoms with E-state index in [0.29, 0.717) is 17.8 Å². The minimum atomic E-state index is 0.232. The van der Waals surface area contributed by atoms with E-state index >= 15 is 0 Å². The third-order valence-corrected chi connectivity index (χ3v) is 11.4. The Hall–Kier alpha value is -3.97. The van der Waals surface area contributed by atoms with Crippen molar-refractivity contribution in [3.63, 3.8) is 0 Å². The second-order valence-electron chi connectivity index (χ2n) is 13.3. The van der Waals surface area contributed by atoms with Gasteiger partial charge in [0.25, 0.3) is 0 Å². The summed E-state index contributed by atoms with van der Waals surface area (Å²) < 4.78 is 3.46. The average molecular weight is 615 g/mol. The van der Waals surface area contributed by atoms with Gasteiger partial charge in [-0.3, -0.25) is 0 Å². The van der Waals surface area contributed by atoms with E-state index in [1.807, 2.05) is 0 Å². The van der Waals surface area contributed by atoms with Crippen LogP contribution in [0.25, 0.3) is 16.7 Å². The van der Waals surface area contributed by atoms with Crippen LogP contribution in [0.5, 0.6) is 0 Å². The maximum absolute atomic E-state index is 3.46. The van der Waals surface area contributed by atoms with Crippen molar-refractivity contribution in [2.75, 3.05) is 0 Å². The fourth-order valence-corrected chi connectivity index (χ4v) is 9.41. The molecule has 0 amide bonds. The van der Waals surface area contributed by atoms with E-state index in [1.165, 1.54) is 81.3 Å². The molecule has 9 rings (SSSR count). The van der Waals surface area contributed by atoms with Crippen LogP contribution in [0.2, 0.25) is 0 Å². The number of allylic oxidation sites excluding steroid dienone is 4. The normalized spacial score (nSPS) is 21.2. The van der Waals surface area contributed by atoms with E-state index in [0.717, 1.165) is 6.42 Å². The predicted molar refractivity (Wildman–Crippen MR) is 183 cm³/mol. The fraction of sp³-hybridized carbons (Fsp3) is 0.205. The molecule has 4 aliphatic carbocycles. The Morgan fingerprint density at radius 3 is 2.07 bits per heavy atom. The molecule has 5 aromatic rings. The number of hydrogen-bond acceptors (Lipinski definition) is 0. The Kier molecular flexibility index (Phi) is 6.76. The van der Waals surface area contributed by atoms with Gasteiger partial charge >= 0.3 is 259 Å². The van der Waals surface area contributed by atoms with Crippen LogP contribution in [0, 0.1) is 5.92 Å². The van der Waals surface area contributed by atoms with Crippen molar-refractivity contribution in [3.05, 3.63) is 183 Å². The van der Waals surface area contributed by atoms with Crippen LogP contribution < -0.4 is 0 Å². The Labute approximate surface area is 276 Å². The van der Waals surface area contributed by atoms with E-state index < -0.39 is 0 Å². The number of benzene rings is 5. The molecule has 0 nitrogen and oxygen atoms in total. The molecule has 0 bridgehead atoms. The second-order valence-corrected chi connectivity index (χ2v) is 13.7. The Balaban J connectivity index is 1.25. The molecule has 0 N–H and O–H groups in total. The Bertz CT molecular complexity index is 2020. The minimum absolute atomic E-state index is 0.232. The zero-order chi connectivity index (χ0) is 29.9. The monoisotopic (exact) mass is 614 g/mol. The predicted octanol–water partition coefficient (Wildman–Crippen LogP) is 10.4. The molecule has 3 atom stereocenters. The molecule has 0 heterocycles. The van der Waals surface area contributed by atoms with Gasteiger partial charge in [0.15, 0.2) is 0 Å². The zero-order valence-corrected chi connectivity index (χ0v) is 26.8. The quantitative estimate of drug-likeness (QED) is 0.164. The van der Waals surface area contributed by atoms with Crippen LogP contribution >= 0.6 is 0 Å². The van der Waals surface area contributed by atoms with Crippen LogP contribution in [0.1, 0.15) is 93.5 Å². The third kappa shape index (κ3) is 4.38. The summed E-state index contributed by atoms with van der Waals surface area (Å²) in [6.45, 7) is 0. The summed E-state index contributed by atoms with van der Waals surface area (Å²) in [5.74, 6) is 1.69. The average Bonchev–Trinajstić information content (AvgIpc) is 3.83. The SMILES string of the molecule is [V+2]=[C-]C(=CC1=CC(c2ccc3c4c2C(C2CCCC2)c2ccccc2C4c2ccccc2-3)c2ccccc21)Cc1ccccc1. The van der Waals surface area contributed by atoms with Gasteiger partial charge in [-0.2, -0.15) is 0 Å². The fourth-order valence-electron chi connectivity index (χ4n) is 9.18. The van der Waals surface area contributed by atoms with Crippen molar-refractivity contribution < 1.29 is 17.0 Å². The molecule has 0 aromatic heterocycles. The topological polar surface area (TPSA) is 0 Å². The van der Waals surface area contributed by atoms with Crippen LogP contribution in [-0.4, -0.2) is 4.73 Å². The van der Waals surface area contributed by atoms with Crippen LogP contribution in [0.3, 0.4) is 0 Å². The molecular weight excluding hydrogens is 579 g/mol. The van der Waals surface area contributed by atoms with Gasteiger partial charge in [-0.1, -0.05) is 18.2 Å². The summed E-state index contributed by atoms with van der Waals surface area (Å²) in [4.78, 5) is 0. The van der Waals surface area contributed by atoms with Gasteiger partial charge in [0.05, 0.1) is 0 Å². The van der Waals surface area contributed by atoms with E-state index in [9.17, 15) is 0 Å². The summed E-state index contributed by atoms with van der Waals surface area (Å²) in [6, 6.07) is 43.5. The Morgan fingerprint density at radius 2 is 1.29 bits per heavy atom. The van der Waals surface area contributed by atoms with Crippen LogP contribution in [-0.2, 0) is 23.4 Å². The van der Waals surface area contributed by atoms with Gasteiger partial charge in [0.2, 0.25) is 0 Å². The molecule has 1 fully saturated rings. The molecule has 215 valence electrons. The molecule has 0 aliphatic heterocycles. The van der Waals surface area contributed by atoms with Crippen molar-refractivity contribution in [1.29, 1.82) is 0 Å². The van der Waals surface area contributed by atoms with Gasteiger partial charge in [-0.05, 0) is 0 Å². The van der Waals surface area contributed by atoms with Crippen molar-refractivity contribution in [3.8, 4) is 11.1 Å². The van der Waals surface area contributed by atoms with Crippen molar-refractivity contribution in [2.24, 2.45) is 5.92 Å². The first-order valence-electron chi connectivity index (χ1n) is 16.6. The zero-order valence-electron chi connectivity index (χ0n) is 25.4. The molecule has 0 radical (unpaired) electrons. The Morgan fingerprint density at radius 1 is 0.622 bits per heavy atom. The molecule has 5 aromatic carbocycles. The molecular formula is C44H35V+. The standard InChI is InChI=1S/C44H35.V/c1-28(25-29-13-3-2-4-14-29)26-31-27-40(33-18-8-7-17-32(31)33)39-24-23-38-34-19-9-10-20-35(34)42-37-22-12-11-21-36(37)41(43(39)44(38)42)30-15-5-6-16-30;/h2-4,7-14,17-24,26-27,30,40-42H,5-6,15-16,25H2;/q-1;+2. The third-order valence-electron chi connectivity index (χ3n) is 11.0. The number of fused-ring (bicyclic) bond motifs is 6. The molecule has 1 saturated carbocycles. The van der Waals surface area contributed by atoms with E-state index in [-0.39, 0.29) is 5.92 Å². The van der Waals surface area contributed by atoms with E-state index in [1.54, 1.807) is 16.7 Å². The van der Waals surface area contributed by atoms with E-state index in [2.05, 4.69) is 149 Å². The van der Waals surface area contributed by atoms with Gasteiger partial charge in [0.1, 0.15) is 0 Å². The van der Waals surface area contributed by atoms with E-state index in [4.69, 9.17) is 0 Å². The first-order chi connectivity index (χ1) is 22.3. The van der Waals surface area contributed by atoms with Gasteiger partial charge < -0.3 is 0 Å². The van der Waals surface area contributed by atoms with Gasteiger partial charge in [0, 0.05) is 0 Å². The van der Waals surface area contributed by atoms with Gasteiger partial charge in [-0.15, -0.1) is 0 Å².